The van der Waals surface area contributed by atoms with Crippen LogP contribution in [0.4, 0.5) is 5.82 Å². The van der Waals surface area contributed by atoms with E-state index in [-0.39, 0.29) is 24.0 Å². The summed E-state index contributed by atoms with van der Waals surface area (Å²) < 4.78 is 31.3. The molecule has 0 saturated carbocycles. The van der Waals surface area contributed by atoms with Crippen molar-refractivity contribution in [3.8, 4) is 11.4 Å². The second-order valence-electron chi connectivity index (χ2n) is 7.15. The monoisotopic (exact) mass is 411 g/mol. The summed E-state index contributed by atoms with van der Waals surface area (Å²) in [7, 11) is -3.25. The maximum absolute atomic E-state index is 12.6. The van der Waals surface area contributed by atoms with Gasteiger partial charge in [0.1, 0.15) is 11.6 Å². The van der Waals surface area contributed by atoms with Gasteiger partial charge in [0.05, 0.1) is 22.9 Å². The average molecular weight is 411 g/mol. The molecule has 8 heteroatoms. The highest BCUT2D eigenvalue weighted by Crippen LogP contribution is 2.33. The molecule has 0 aliphatic carbocycles. The van der Waals surface area contributed by atoms with E-state index in [1.807, 2.05) is 50.2 Å². The number of amides is 1. The molecular weight excluding hydrogens is 390 g/mol. The number of nitrogens with one attached hydrogen (secondary N) is 1. The van der Waals surface area contributed by atoms with Gasteiger partial charge in [0, 0.05) is 5.56 Å². The number of aromatic nitrogens is 2. The SMILES string of the molecule is Cc1ccc(OCC(=O)Nc2c3c(nn2-c2ccccc2C)CS(=O)(=O)C3)cc1. The smallest absolute Gasteiger partial charge is 0.263 e. The van der Waals surface area contributed by atoms with E-state index >= 15 is 0 Å². The van der Waals surface area contributed by atoms with Crippen LogP contribution in [0, 0.1) is 13.8 Å². The van der Waals surface area contributed by atoms with Crippen LogP contribution in [-0.2, 0) is 26.1 Å². The Morgan fingerprint density at radius 1 is 1.10 bits per heavy atom. The van der Waals surface area contributed by atoms with E-state index < -0.39 is 9.84 Å². The van der Waals surface area contributed by atoms with E-state index in [1.54, 1.807) is 16.8 Å². The number of para-hydroxylation sites is 1. The van der Waals surface area contributed by atoms with Crippen molar-refractivity contribution in [3.05, 3.63) is 70.9 Å². The lowest BCUT2D eigenvalue weighted by Crippen LogP contribution is -2.23. The van der Waals surface area contributed by atoms with Gasteiger partial charge in [-0.25, -0.2) is 13.1 Å². The van der Waals surface area contributed by atoms with Gasteiger partial charge in [-0.15, -0.1) is 0 Å². The number of ether oxygens (including phenoxy) is 1. The molecule has 150 valence electrons. The molecule has 29 heavy (non-hydrogen) atoms. The van der Waals surface area contributed by atoms with Crippen molar-refractivity contribution in [3.63, 3.8) is 0 Å². The molecule has 1 aliphatic rings. The Kier molecular flexibility index (Phi) is 4.87. The van der Waals surface area contributed by atoms with E-state index in [4.69, 9.17) is 4.74 Å². The zero-order valence-electron chi connectivity index (χ0n) is 16.2. The minimum absolute atomic E-state index is 0.121. The number of carbonyl (C=O) groups excluding carboxylic acids is 1. The molecule has 1 amide bonds. The number of hydrogen-bond acceptors (Lipinski definition) is 5. The lowest BCUT2D eigenvalue weighted by molar-refractivity contribution is -0.118. The van der Waals surface area contributed by atoms with E-state index in [2.05, 4.69) is 10.4 Å². The number of benzene rings is 2. The maximum atomic E-state index is 12.6. The molecular formula is C21H21N3O4S. The number of sulfone groups is 1. The second-order valence-corrected chi connectivity index (χ2v) is 9.22. The molecule has 0 spiro atoms. The minimum atomic E-state index is -3.25. The third-order valence-corrected chi connectivity index (χ3v) is 6.22. The van der Waals surface area contributed by atoms with Crippen LogP contribution in [0.5, 0.6) is 5.75 Å². The summed E-state index contributed by atoms with van der Waals surface area (Å²) in [4.78, 5) is 12.6. The third-order valence-electron chi connectivity index (χ3n) is 4.78. The van der Waals surface area contributed by atoms with Crippen LogP contribution in [0.2, 0.25) is 0 Å². The zero-order valence-corrected chi connectivity index (χ0v) is 17.0. The highest BCUT2D eigenvalue weighted by molar-refractivity contribution is 7.90. The van der Waals surface area contributed by atoms with Crippen LogP contribution in [0.3, 0.4) is 0 Å². The Morgan fingerprint density at radius 3 is 2.55 bits per heavy atom. The molecule has 1 aliphatic heterocycles. The summed E-state index contributed by atoms with van der Waals surface area (Å²) in [5, 5.41) is 7.29. The second kappa shape index (κ2) is 7.36. The highest BCUT2D eigenvalue weighted by atomic mass is 32.2. The van der Waals surface area contributed by atoms with Crippen molar-refractivity contribution in [2.24, 2.45) is 0 Å². The summed E-state index contributed by atoms with van der Waals surface area (Å²) in [6, 6.07) is 15.0. The summed E-state index contributed by atoms with van der Waals surface area (Å²) in [5.74, 6) is 0.332. The molecule has 0 radical (unpaired) electrons. The van der Waals surface area contributed by atoms with Gasteiger partial charge in [-0.05, 0) is 37.6 Å². The first-order valence-electron chi connectivity index (χ1n) is 9.19. The molecule has 7 nitrogen and oxygen atoms in total. The Bertz CT molecular complexity index is 1180. The fraction of sp³-hybridized carbons (Fsp3) is 0.238. The molecule has 0 bridgehead atoms. The maximum Gasteiger partial charge on any atom is 0.263 e. The first-order valence-corrected chi connectivity index (χ1v) is 11.0. The molecule has 3 aromatic rings. The lowest BCUT2D eigenvalue weighted by Gasteiger charge is -2.13. The van der Waals surface area contributed by atoms with E-state index in [9.17, 15) is 13.2 Å². The van der Waals surface area contributed by atoms with Crippen molar-refractivity contribution in [1.82, 2.24) is 9.78 Å². The molecule has 2 aromatic carbocycles. The topological polar surface area (TPSA) is 90.3 Å². The van der Waals surface area contributed by atoms with Crippen LogP contribution in [0.15, 0.2) is 48.5 Å². The van der Waals surface area contributed by atoms with E-state index in [0.717, 1.165) is 16.8 Å². The van der Waals surface area contributed by atoms with Gasteiger partial charge >= 0.3 is 0 Å². The summed E-state index contributed by atoms with van der Waals surface area (Å²) in [6.45, 7) is 3.71. The number of rotatable bonds is 5. The van der Waals surface area contributed by atoms with Crippen molar-refractivity contribution < 1.29 is 17.9 Å². The Morgan fingerprint density at radius 2 is 1.83 bits per heavy atom. The van der Waals surface area contributed by atoms with Gasteiger partial charge in [-0.3, -0.25) is 4.79 Å². The number of anilines is 1. The molecule has 0 saturated heterocycles. The van der Waals surface area contributed by atoms with Crippen molar-refractivity contribution in [1.29, 1.82) is 0 Å². The Hall–Kier alpha value is -3.13. The van der Waals surface area contributed by atoms with Crippen molar-refractivity contribution in [2.45, 2.75) is 25.4 Å². The van der Waals surface area contributed by atoms with Crippen molar-refractivity contribution >= 4 is 21.6 Å². The van der Waals surface area contributed by atoms with Gasteiger partial charge in [0.2, 0.25) is 0 Å². The van der Waals surface area contributed by atoms with Crippen LogP contribution in [0.25, 0.3) is 5.69 Å². The standard InChI is InChI=1S/C21H21N3O4S/c1-14-7-9-16(10-8-14)28-11-20(25)22-21-17-12-29(26,27)13-18(17)23-24(21)19-6-4-3-5-15(19)2/h3-10H,11-13H2,1-2H3,(H,22,25). The van der Waals surface area contributed by atoms with E-state index in [1.165, 1.54) is 0 Å². The summed E-state index contributed by atoms with van der Waals surface area (Å²) in [6.07, 6.45) is 0. The number of hydrogen-bond donors (Lipinski definition) is 1. The number of carbonyl (C=O) groups is 1. The molecule has 4 rings (SSSR count). The lowest BCUT2D eigenvalue weighted by atomic mass is 10.2. The van der Waals surface area contributed by atoms with Gasteiger partial charge in [-0.1, -0.05) is 35.9 Å². The van der Waals surface area contributed by atoms with Gasteiger partial charge in [-0.2, -0.15) is 5.10 Å². The van der Waals surface area contributed by atoms with Crippen molar-refractivity contribution in [2.75, 3.05) is 11.9 Å². The number of nitrogens with zero attached hydrogens (tertiary/aromatic N) is 2. The normalized spacial score (nSPS) is 14.4. The van der Waals surface area contributed by atoms with Gasteiger partial charge in [0.15, 0.2) is 16.4 Å². The predicted octanol–water partition coefficient (Wildman–Crippen LogP) is 2.94. The van der Waals surface area contributed by atoms with E-state index in [0.29, 0.717) is 22.8 Å². The van der Waals surface area contributed by atoms with Crippen LogP contribution < -0.4 is 10.1 Å². The van der Waals surface area contributed by atoms with Crippen LogP contribution >= 0.6 is 0 Å². The number of aryl methyl sites for hydroxylation is 2. The quantitative estimate of drug-likeness (QED) is 0.697. The molecule has 1 N–H and O–H groups in total. The highest BCUT2D eigenvalue weighted by Gasteiger charge is 2.33. The first kappa shape index (κ1) is 19.2. The molecule has 0 atom stereocenters. The minimum Gasteiger partial charge on any atom is -0.484 e. The summed E-state index contributed by atoms with van der Waals surface area (Å²) >= 11 is 0. The number of fused-ring (bicyclic) bond motifs is 1. The van der Waals surface area contributed by atoms with Gasteiger partial charge in [0.25, 0.3) is 5.91 Å². The molecule has 0 unspecified atom stereocenters. The fourth-order valence-electron chi connectivity index (χ4n) is 3.30. The molecule has 1 aromatic heterocycles. The van der Waals surface area contributed by atoms with Crippen LogP contribution in [-0.4, -0.2) is 30.7 Å². The zero-order chi connectivity index (χ0) is 20.6. The van der Waals surface area contributed by atoms with Gasteiger partial charge < -0.3 is 10.1 Å². The average Bonchev–Trinajstić information content (AvgIpc) is 3.14. The Balaban J connectivity index is 1.61. The first-order chi connectivity index (χ1) is 13.8. The summed E-state index contributed by atoms with van der Waals surface area (Å²) in [5.41, 5.74) is 3.86. The predicted molar refractivity (Wildman–Crippen MR) is 110 cm³/mol. The van der Waals surface area contributed by atoms with Crippen LogP contribution in [0.1, 0.15) is 22.4 Å². The molecule has 0 fully saturated rings. The fourth-order valence-corrected chi connectivity index (χ4v) is 4.79. The molecule has 2 heterocycles. The largest absolute Gasteiger partial charge is 0.484 e. The third kappa shape index (κ3) is 4.02. The Labute approximate surface area is 169 Å².